The molecule has 1 aromatic carbocycles. The summed E-state index contributed by atoms with van der Waals surface area (Å²) in [7, 11) is 0. The maximum Gasteiger partial charge on any atom is 0.257 e. The van der Waals surface area contributed by atoms with Crippen molar-refractivity contribution < 1.29 is 14.3 Å². The van der Waals surface area contributed by atoms with E-state index in [4.69, 9.17) is 4.74 Å². The van der Waals surface area contributed by atoms with Crippen LogP contribution >= 0.6 is 0 Å². The van der Waals surface area contributed by atoms with E-state index in [1.54, 1.807) is 6.07 Å². The number of pyridine rings is 1. The van der Waals surface area contributed by atoms with Crippen molar-refractivity contribution in [3.05, 3.63) is 58.9 Å². The number of aryl methyl sites for hydroxylation is 2. The standard InChI is InChI=1S/C20H23N3O3/c1-13-5-3-6-14(2)18(13)23-20(25)16-9-15(10-21-11-16)19(24)22-12-17-7-4-8-26-17/h3,5-6,9-11,17H,4,7-8,12H2,1-2H3,(H,22,24)(H,23,25). The van der Waals surface area contributed by atoms with Gasteiger partial charge < -0.3 is 15.4 Å². The summed E-state index contributed by atoms with van der Waals surface area (Å²) >= 11 is 0. The fourth-order valence-electron chi connectivity index (χ4n) is 3.00. The molecule has 3 rings (SSSR count). The number of hydrogen-bond donors (Lipinski definition) is 2. The lowest BCUT2D eigenvalue weighted by Gasteiger charge is -2.12. The number of nitrogens with one attached hydrogen (secondary N) is 2. The largest absolute Gasteiger partial charge is 0.376 e. The molecule has 2 N–H and O–H groups in total. The number of carbonyl (C=O) groups is 2. The van der Waals surface area contributed by atoms with E-state index in [0.717, 1.165) is 36.3 Å². The van der Waals surface area contributed by atoms with Gasteiger partial charge in [0.15, 0.2) is 0 Å². The molecule has 0 spiro atoms. The van der Waals surface area contributed by atoms with Crippen LogP contribution in [0.4, 0.5) is 5.69 Å². The zero-order chi connectivity index (χ0) is 18.5. The zero-order valence-corrected chi connectivity index (χ0v) is 15.0. The number of ether oxygens (including phenoxy) is 1. The highest BCUT2D eigenvalue weighted by Crippen LogP contribution is 2.20. The summed E-state index contributed by atoms with van der Waals surface area (Å²) < 4.78 is 5.50. The first-order chi connectivity index (χ1) is 12.5. The quantitative estimate of drug-likeness (QED) is 0.866. The minimum atomic E-state index is -0.288. The fraction of sp³-hybridized carbons (Fsp3) is 0.350. The Morgan fingerprint density at radius 3 is 2.50 bits per heavy atom. The highest BCUT2D eigenvalue weighted by Gasteiger charge is 2.18. The number of para-hydroxylation sites is 1. The van der Waals surface area contributed by atoms with Crippen molar-refractivity contribution in [1.82, 2.24) is 10.3 Å². The molecule has 1 saturated heterocycles. The van der Waals surface area contributed by atoms with Gasteiger partial charge in [0.25, 0.3) is 11.8 Å². The predicted molar refractivity (Wildman–Crippen MR) is 99.4 cm³/mol. The minimum Gasteiger partial charge on any atom is -0.376 e. The van der Waals surface area contributed by atoms with E-state index in [1.165, 1.54) is 12.4 Å². The predicted octanol–water partition coefficient (Wildman–Crippen LogP) is 2.86. The fourth-order valence-corrected chi connectivity index (χ4v) is 3.00. The van der Waals surface area contributed by atoms with Gasteiger partial charge >= 0.3 is 0 Å². The van der Waals surface area contributed by atoms with Gasteiger partial charge in [-0.3, -0.25) is 14.6 Å². The van der Waals surface area contributed by atoms with Crippen LogP contribution in [0, 0.1) is 13.8 Å². The molecule has 0 aliphatic carbocycles. The second kappa shape index (κ2) is 8.10. The van der Waals surface area contributed by atoms with E-state index in [0.29, 0.717) is 17.7 Å². The summed E-state index contributed by atoms with van der Waals surface area (Å²) in [5.74, 6) is -0.543. The van der Waals surface area contributed by atoms with E-state index >= 15 is 0 Å². The SMILES string of the molecule is Cc1cccc(C)c1NC(=O)c1cncc(C(=O)NCC2CCCO2)c1. The van der Waals surface area contributed by atoms with Crippen molar-refractivity contribution in [2.45, 2.75) is 32.8 Å². The third kappa shape index (κ3) is 4.26. The van der Waals surface area contributed by atoms with Crippen molar-refractivity contribution in [1.29, 1.82) is 0 Å². The Hall–Kier alpha value is -2.73. The van der Waals surface area contributed by atoms with Crippen LogP contribution in [0.5, 0.6) is 0 Å². The van der Waals surface area contributed by atoms with Crippen molar-refractivity contribution in [2.75, 3.05) is 18.5 Å². The van der Waals surface area contributed by atoms with Crippen LogP contribution in [0.15, 0.2) is 36.7 Å². The molecule has 136 valence electrons. The molecule has 1 aliphatic heterocycles. The third-order valence-electron chi connectivity index (χ3n) is 4.50. The Kier molecular flexibility index (Phi) is 5.63. The number of rotatable bonds is 5. The number of nitrogens with zero attached hydrogens (tertiary/aromatic N) is 1. The molecule has 6 nitrogen and oxygen atoms in total. The summed E-state index contributed by atoms with van der Waals surface area (Å²) in [6.45, 7) is 5.10. The second-order valence-corrected chi connectivity index (χ2v) is 6.53. The number of carbonyl (C=O) groups excluding carboxylic acids is 2. The van der Waals surface area contributed by atoms with E-state index in [-0.39, 0.29) is 17.9 Å². The Labute approximate surface area is 153 Å². The lowest BCUT2D eigenvalue weighted by Crippen LogP contribution is -2.32. The van der Waals surface area contributed by atoms with Crippen molar-refractivity contribution in [2.24, 2.45) is 0 Å². The van der Waals surface area contributed by atoms with E-state index < -0.39 is 0 Å². The van der Waals surface area contributed by atoms with Gasteiger partial charge in [-0.25, -0.2) is 0 Å². The maximum absolute atomic E-state index is 12.6. The summed E-state index contributed by atoms with van der Waals surface area (Å²) in [6, 6.07) is 7.38. The van der Waals surface area contributed by atoms with Crippen molar-refractivity contribution >= 4 is 17.5 Å². The molecule has 2 aromatic rings. The number of hydrogen-bond acceptors (Lipinski definition) is 4. The lowest BCUT2D eigenvalue weighted by molar-refractivity contribution is 0.0857. The van der Waals surface area contributed by atoms with Crippen molar-refractivity contribution in [3.8, 4) is 0 Å². The van der Waals surface area contributed by atoms with Gasteiger partial charge in [0.05, 0.1) is 17.2 Å². The Balaban J connectivity index is 1.68. The summed E-state index contributed by atoms with van der Waals surface area (Å²) in [4.78, 5) is 28.9. The van der Waals surface area contributed by atoms with Gasteiger partial charge in [-0.1, -0.05) is 18.2 Å². The highest BCUT2D eigenvalue weighted by atomic mass is 16.5. The van der Waals surface area contributed by atoms with Gasteiger partial charge in [0.1, 0.15) is 0 Å². The average Bonchev–Trinajstić information content (AvgIpc) is 3.16. The monoisotopic (exact) mass is 353 g/mol. The van der Waals surface area contributed by atoms with Crippen LogP contribution in [-0.2, 0) is 4.74 Å². The summed E-state index contributed by atoms with van der Waals surface area (Å²) in [5, 5.41) is 5.75. The van der Waals surface area contributed by atoms with Gasteiger partial charge in [0.2, 0.25) is 0 Å². The number of anilines is 1. The van der Waals surface area contributed by atoms with Crippen molar-refractivity contribution in [3.63, 3.8) is 0 Å². The van der Waals surface area contributed by atoms with Crippen LogP contribution < -0.4 is 10.6 Å². The zero-order valence-electron chi connectivity index (χ0n) is 15.0. The Morgan fingerprint density at radius 2 is 1.85 bits per heavy atom. The topological polar surface area (TPSA) is 80.3 Å². The minimum absolute atomic E-state index is 0.0717. The maximum atomic E-state index is 12.6. The lowest BCUT2D eigenvalue weighted by atomic mass is 10.1. The molecule has 1 aliphatic rings. The molecule has 0 bridgehead atoms. The molecular weight excluding hydrogens is 330 g/mol. The first-order valence-corrected chi connectivity index (χ1v) is 8.77. The second-order valence-electron chi connectivity index (χ2n) is 6.53. The number of amides is 2. The van der Waals surface area contributed by atoms with E-state index in [1.807, 2.05) is 32.0 Å². The van der Waals surface area contributed by atoms with Crippen LogP contribution in [0.25, 0.3) is 0 Å². The molecule has 6 heteroatoms. The Bertz CT molecular complexity index is 793. The first kappa shape index (κ1) is 18.1. The molecule has 2 heterocycles. The summed E-state index contributed by atoms with van der Waals surface area (Å²) in [6.07, 6.45) is 4.97. The van der Waals surface area contributed by atoms with Gasteiger partial charge in [-0.15, -0.1) is 0 Å². The highest BCUT2D eigenvalue weighted by molar-refractivity contribution is 6.06. The third-order valence-corrected chi connectivity index (χ3v) is 4.50. The molecule has 26 heavy (non-hydrogen) atoms. The first-order valence-electron chi connectivity index (χ1n) is 8.77. The average molecular weight is 353 g/mol. The number of aromatic nitrogens is 1. The van der Waals surface area contributed by atoms with Crippen LogP contribution in [0.3, 0.4) is 0 Å². The van der Waals surface area contributed by atoms with Gasteiger partial charge in [-0.2, -0.15) is 0 Å². The smallest absolute Gasteiger partial charge is 0.257 e. The molecular formula is C20H23N3O3. The summed E-state index contributed by atoms with van der Waals surface area (Å²) in [5.41, 5.74) is 3.45. The molecule has 2 amide bonds. The molecule has 1 aromatic heterocycles. The molecule has 0 saturated carbocycles. The molecule has 1 atom stereocenters. The van der Waals surface area contributed by atoms with Crippen LogP contribution in [-0.4, -0.2) is 36.1 Å². The van der Waals surface area contributed by atoms with E-state index in [9.17, 15) is 9.59 Å². The van der Waals surface area contributed by atoms with Crippen LogP contribution in [0.2, 0.25) is 0 Å². The molecule has 1 unspecified atom stereocenters. The number of benzene rings is 1. The van der Waals surface area contributed by atoms with E-state index in [2.05, 4.69) is 15.6 Å². The molecule has 0 radical (unpaired) electrons. The Morgan fingerprint density at radius 1 is 1.15 bits per heavy atom. The molecule has 1 fully saturated rings. The van der Waals surface area contributed by atoms with Gasteiger partial charge in [0, 0.05) is 31.2 Å². The normalized spacial score (nSPS) is 16.3. The van der Waals surface area contributed by atoms with Crippen LogP contribution in [0.1, 0.15) is 44.7 Å². The van der Waals surface area contributed by atoms with Gasteiger partial charge in [-0.05, 0) is 43.9 Å².